The van der Waals surface area contributed by atoms with Gasteiger partial charge in [0.15, 0.2) is 5.96 Å². The van der Waals surface area contributed by atoms with Gasteiger partial charge in [0.2, 0.25) is 0 Å². The summed E-state index contributed by atoms with van der Waals surface area (Å²) in [4.78, 5) is 9.14. The van der Waals surface area contributed by atoms with Crippen LogP contribution in [0.3, 0.4) is 0 Å². The molecule has 1 aromatic carbocycles. The van der Waals surface area contributed by atoms with Gasteiger partial charge < -0.3 is 15.5 Å². The molecule has 2 aliphatic rings. The number of benzene rings is 1. The monoisotopic (exact) mass is 432 g/mol. The Hall–Kier alpha value is -1.05. The lowest BCUT2D eigenvalue weighted by Crippen LogP contribution is -2.52. The summed E-state index contributed by atoms with van der Waals surface area (Å²) in [5.41, 5.74) is 7.55. The van der Waals surface area contributed by atoms with E-state index in [-0.39, 0.29) is 29.8 Å². The van der Waals surface area contributed by atoms with Crippen molar-refractivity contribution in [3.05, 3.63) is 30.1 Å². The largest absolute Gasteiger partial charge is 0.370 e. The molecule has 0 spiro atoms. The van der Waals surface area contributed by atoms with Gasteiger partial charge in [0.1, 0.15) is 5.82 Å². The number of nitrogens with zero attached hydrogens (tertiary/aromatic N) is 3. The molecule has 0 bridgehead atoms. The molecule has 1 aliphatic heterocycles. The van der Waals surface area contributed by atoms with Gasteiger partial charge in [0.05, 0.1) is 6.04 Å². The number of aliphatic imine (C=N–C) groups is 1. The second kappa shape index (κ2) is 7.23. The topological polar surface area (TPSA) is 44.9 Å². The molecule has 1 saturated heterocycles. The molecule has 6 heteroatoms. The molecule has 2 N–H and O–H groups in total. The minimum atomic E-state index is -0.193. The van der Waals surface area contributed by atoms with Crippen molar-refractivity contribution in [3.63, 3.8) is 0 Å². The summed E-state index contributed by atoms with van der Waals surface area (Å²) >= 11 is 0. The number of hydrogen-bond acceptors (Lipinski definition) is 2. The van der Waals surface area contributed by atoms with Gasteiger partial charge >= 0.3 is 0 Å². The number of anilines is 1. The third kappa shape index (κ3) is 4.08. The van der Waals surface area contributed by atoms with E-state index < -0.39 is 0 Å². The fourth-order valence-corrected chi connectivity index (χ4v) is 3.18. The molecule has 1 atom stereocenters. The molecule has 3 rings (SSSR count). The Morgan fingerprint density at radius 2 is 1.78 bits per heavy atom. The molecule has 0 aromatic heterocycles. The molecule has 2 fully saturated rings. The van der Waals surface area contributed by atoms with Gasteiger partial charge in [0.25, 0.3) is 0 Å². The van der Waals surface area contributed by atoms with Crippen LogP contribution >= 0.6 is 24.0 Å². The normalized spacial score (nSPS) is 24.0. The van der Waals surface area contributed by atoms with Crippen LogP contribution in [-0.4, -0.2) is 43.1 Å². The molecule has 23 heavy (non-hydrogen) atoms. The number of piperazine rings is 1. The van der Waals surface area contributed by atoms with Crippen LogP contribution < -0.4 is 10.6 Å². The molecular formula is C17H26FIN4. The van der Waals surface area contributed by atoms with Crippen LogP contribution in [0, 0.1) is 11.2 Å². The van der Waals surface area contributed by atoms with Gasteiger partial charge in [0, 0.05) is 31.9 Å². The predicted octanol–water partition coefficient (Wildman–Crippen LogP) is 3.07. The summed E-state index contributed by atoms with van der Waals surface area (Å²) in [5.74, 6) is 0.485. The highest BCUT2D eigenvalue weighted by Crippen LogP contribution is 2.42. The van der Waals surface area contributed by atoms with Gasteiger partial charge in [-0.1, -0.05) is 13.8 Å². The Bertz CT molecular complexity index is 550. The minimum Gasteiger partial charge on any atom is -0.370 e. The van der Waals surface area contributed by atoms with Crippen molar-refractivity contribution in [2.24, 2.45) is 16.1 Å². The lowest BCUT2D eigenvalue weighted by Gasteiger charge is -2.43. The fraction of sp³-hybridized carbons (Fsp3) is 0.588. The first-order valence-corrected chi connectivity index (χ1v) is 8.04. The molecule has 0 radical (unpaired) electrons. The molecule has 1 aromatic rings. The van der Waals surface area contributed by atoms with Gasteiger partial charge in [-0.3, -0.25) is 0 Å². The van der Waals surface area contributed by atoms with E-state index in [4.69, 9.17) is 10.7 Å². The van der Waals surface area contributed by atoms with Crippen molar-refractivity contribution >= 4 is 35.6 Å². The van der Waals surface area contributed by atoms with E-state index in [1.807, 2.05) is 12.1 Å². The summed E-state index contributed by atoms with van der Waals surface area (Å²) in [6.07, 6.45) is 2.37. The number of rotatable bonds is 2. The zero-order valence-corrected chi connectivity index (χ0v) is 16.2. The second-order valence-electron chi connectivity index (χ2n) is 6.98. The Morgan fingerprint density at radius 3 is 2.26 bits per heavy atom. The first-order valence-electron chi connectivity index (χ1n) is 8.04. The molecule has 1 saturated carbocycles. The Balaban J connectivity index is 0.00000192. The van der Waals surface area contributed by atoms with E-state index in [2.05, 4.69) is 23.6 Å². The van der Waals surface area contributed by atoms with Gasteiger partial charge in [-0.15, -0.1) is 24.0 Å². The van der Waals surface area contributed by atoms with Crippen LogP contribution in [0.4, 0.5) is 10.1 Å². The van der Waals surface area contributed by atoms with Crippen molar-refractivity contribution in [2.75, 3.05) is 31.1 Å². The molecule has 1 unspecified atom stereocenters. The summed E-state index contributed by atoms with van der Waals surface area (Å²) < 4.78 is 13.0. The lowest BCUT2D eigenvalue weighted by molar-refractivity contribution is 0.144. The quantitative estimate of drug-likeness (QED) is 0.444. The van der Waals surface area contributed by atoms with Crippen molar-refractivity contribution in [1.82, 2.24) is 4.90 Å². The van der Waals surface area contributed by atoms with Gasteiger partial charge in [-0.05, 0) is 42.5 Å². The van der Waals surface area contributed by atoms with Crippen LogP contribution in [-0.2, 0) is 0 Å². The summed E-state index contributed by atoms with van der Waals surface area (Å²) in [5, 5.41) is 0. The average Bonchev–Trinajstić information content (AvgIpc) is 2.52. The molecule has 0 amide bonds. The number of nitrogens with two attached hydrogens (primary N) is 1. The molecule has 1 heterocycles. The third-order valence-corrected chi connectivity index (χ3v) is 5.05. The van der Waals surface area contributed by atoms with Crippen LogP contribution in [0.25, 0.3) is 0 Å². The van der Waals surface area contributed by atoms with Crippen LogP contribution in [0.2, 0.25) is 0 Å². The van der Waals surface area contributed by atoms with E-state index in [0.717, 1.165) is 38.3 Å². The Morgan fingerprint density at radius 1 is 1.17 bits per heavy atom. The molecular weight excluding hydrogens is 406 g/mol. The zero-order chi connectivity index (χ0) is 15.7. The highest BCUT2D eigenvalue weighted by molar-refractivity contribution is 14.0. The minimum absolute atomic E-state index is 0. The summed E-state index contributed by atoms with van der Waals surface area (Å²) in [7, 11) is 0. The first kappa shape index (κ1) is 18.3. The fourth-order valence-electron chi connectivity index (χ4n) is 3.18. The third-order valence-electron chi connectivity index (χ3n) is 5.05. The standard InChI is InChI=1S/C17H25FN4.HI/c1-17(2)8-7-15(17)20-16(19)22-11-9-21(10-12-22)14-5-3-13(18)4-6-14;/h3-6,15H,7-12H2,1-2H3,(H2,19,20);1H. The van der Waals surface area contributed by atoms with Gasteiger partial charge in [-0.25, -0.2) is 9.38 Å². The van der Waals surface area contributed by atoms with E-state index in [0.29, 0.717) is 17.4 Å². The van der Waals surface area contributed by atoms with Crippen LogP contribution in [0.1, 0.15) is 26.7 Å². The van der Waals surface area contributed by atoms with Gasteiger partial charge in [-0.2, -0.15) is 0 Å². The van der Waals surface area contributed by atoms with Crippen molar-refractivity contribution < 1.29 is 4.39 Å². The smallest absolute Gasteiger partial charge is 0.191 e. The molecule has 128 valence electrons. The summed E-state index contributed by atoms with van der Waals surface area (Å²) in [6.45, 7) is 8.00. The Labute approximate surface area is 154 Å². The second-order valence-corrected chi connectivity index (χ2v) is 6.98. The Kier molecular flexibility index (Phi) is 5.75. The average molecular weight is 432 g/mol. The predicted molar refractivity (Wildman–Crippen MR) is 104 cm³/mol. The first-order chi connectivity index (χ1) is 10.5. The van der Waals surface area contributed by atoms with E-state index in [1.165, 1.54) is 18.6 Å². The van der Waals surface area contributed by atoms with Crippen molar-refractivity contribution in [3.8, 4) is 0 Å². The maximum Gasteiger partial charge on any atom is 0.191 e. The number of guanidine groups is 1. The number of halogens is 2. The summed E-state index contributed by atoms with van der Waals surface area (Å²) in [6, 6.07) is 7.05. The SMILES string of the molecule is CC1(C)CCC1N=C(N)N1CCN(c2ccc(F)cc2)CC1.I. The maximum absolute atomic E-state index is 13.0. The zero-order valence-electron chi connectivity index (χ0n) is 13.8. The molecule has 1 aliphatic carbocycles. The van der Waals surface area contributed by atoms with E-state index in [9.17, 15) is 4.39 Å². The van der Waals surface area contributed by atoms with Crippen molar-refractivity contribution in [1.29, 1.82) is 0 Å². The van der Waals surface area contributed by atoms with E-state index >= 15 is 0 Å². The van der Waals surface area contributed by atoms with Crippen LogP contribution in [0.5, 0.6) is 0 Å². The highest BCUT2D eigenvalue weighted by atomic mass is 127. The van der Waals surface area contributed by atoms with Crippen LogP contribution in [0.15, 0.2) is 29.3 Å². The lowest BCUT2D eigenvalue weighted by atomic mass is 9.68. The maximum atomic E-state index is 13.0. The van der Waals surface area contributed by atoms with E-state index in [1.54, 1.807) is 0 Å². The molecule has 4 nitrogen and oxygen atoms in total. The highest BCUT2D eigenvalue weighted by Gasteiger charge is 2.38. The number of hydrogen-bond donors (Lipinski definition) is 1. The van der Waals surface area contributed by atoms with Crippen molar-refractivity contribution in [2.45, 2.75) is 32.7 Å².